The van der Waals surface area contributed by atoms with Gasteiger partial charge in [-0.2, -0.15) is 0 Å². The van der Waals surface area contributed by atoms with Gasteiger partial charge in [0.1, 0.15) is 5.75 Å². The molecule has 2 aromatic rings. The van der Waals surface area contributed by atoms with Gasteiger partial charge in [0.05, 0.1) is 17.1 Å². The van der Waals surface area contributed by atoms with Gasteiger partial charge in [-0.25, -0.2) is 4.79 Å². The molecule has 6 heteroatoms. The zero-order chi connectivity index (χ0) is 16.7. The molecule has 2 rings (SSSR count). The minimum Gasteiger partial charge on any atom is -0.494 e. The van der Waals surface area contributed by atoms with Crippen LogP contribution in [0.3, 0.4) is 0 Å². The summed E-state index contributed by atoms with van der Waals surface area (Å²) in [5.41, 5.74) is 0.0476. The smallest absolute Gasteiger partial charge is 0.343 e. The second kappa shape index (κ2) is 7.93. The lowest BCUT2D eigenvalue weighted by Gasteiger charge is -2.07. The molecule has 120 valence electrons. The maximum absolute atomic E-state index is 12.1. The van der Waals surface area contributed by atoms with Crippen molar-refractivity contribution >= 4 is 11.7 Å². The Morgan fingerprint density at radius 1 is 1.13 bits per heavy atom. The largest absolute Gasteiger partial charge is 0.494 e. The molecule has 0 radical (unpaired) electrons. The number of carbonyl (C=O) groups is 1. The molecule has 0 heterocycles. The zero-order valence-corrected chi connectivity index (χ0v) is 12.7. The highest BCUT2D eigenvalue weighted by molar-refractivity contribution is 5.91. The van der Waals surface area contributed by atoms with Crippen molar-refractivity contribution < 1.29 is 19.2 Å². The average molecular weight is 315 g/mol. The molecule has 0 saturated heterocycles. The maximum atomic E-state index is 12.1. The Hall–Kier alpha value is -2.89. The van der Waals surface area contributed by atoms with Gasteiger partial charge in [0.25, 0.3) is 0 Å². The normalized spacial score (nSPS) is 10.1. The first-order valence-electron chi connectivity index (χ1n) is 7.30. The van der Waals surface area contributed by atoms with E-state index in [9.17, 15) is 14.9 Å². The topological polar surface area (TPSA) is 78.7 Å². The molecular weight excluding hydrogens is 298 g/mol. The monoisotopic (exact) mass is 315 g/mol. The minimum atomic E-state index is -0.653. The first-order valence-corrected chi connectivity index (χ1v) is 7.30. The van der Waals surface area contributed by atoms with E-state index >= 15 is 0 Å². The summed E-state index contributed by atoms with van der Waals surface area (Å²) in [6.07, 6.45) is 2.00. The lowest BCUT2D eigenvalue weighted by molar-refractivity contribution is -0.385. The molecule has 0 aliphatic carbocycles. The predicted octanol–water partition coefficient (Wildman–Crippen LogP) is 3.99. The molecule has 0 amide bonds. The molecule has 0 unspecified atom stereocenters. The number of nitro groups is 1. The Morgan fingerprint density at radius 2 is 1.83 bits per heavy atom. The fourth-order valence-electron chi connectivity index (χ4n) is 1.87. The summed E-state index contributed by atoms with van der Waals surface area (Å²) in [4.78, 5) is 22.4. The number of unbranched alkanes of at least 4 members (excludes halogenated alkanes) is 1. The second-order valence-electron chi connectivity index (χ2n) is 4.84. The van der Waals surface area contributed by atoms with E-state index in [0.717, 1.165) is 12.8 Å². The quantitative estimate of drug-likeness (QED) is 0.254. The predicted molar refractivity (Wildman–Crippen MR) is 84.9 cm³/mol. The lowest BCUT2D eigenvalue weighted by Crippen LogP contribution is -2.09. The van der Waals surface area contributed by atoms with Gasteiger partial charge in [-0.15, -0.1) is 0 Å². The number of rotatable bonds is 7. The van der Waals surface area contributed by atoms with Crippen molar-refractivity contribution in [3.8, 4) is 11.5 Å². The number of ether oxygens (including phenoxy) is 2. The molecule has 0 aliphatic heterocycles. The van der Waals surface area contributed by atoms with Gasteiger partial charge < -0.3 is 9.47 Å². The summed E-state index contributed by atoms with van der Waals surface area (Å²) in [5, 5.41) is 10.9. The molecule has 0 N–H and O–H groups in total. The van der Waals surface area contributed by atoms with Crippen molar-refractivity contribution in [2.45, 2.75) is 19.8 Å². The van der Waals surface area contributed by atoms with Crippen molar-refractivity contribution in [1.82, 2.24) is 0 Å². The van der Waals surface area contributed by atoms with Gasteiger partial charge >= 0.3 is 11.7 Å². The van der Waals surface area contributed by atoms with Crippen LogP contribution in [0.4, 0.5) is 5.69 Å². The van der Waals surface area contributed by atoms with Crippen LogP contribution in [0.1, 0.15) is 30.1 Å². The molecule has 0 aliphatic rings. The van der Waals surface area contributed by atoms with Crippen LogP contribution in [-0.2, 0) is 0 Å². The third kappa shape index (κ3) is 4.54. The summed E-state index contributed by atoms with van der Waals surface area (Å²) in [6, 6.07) is 12.2. The number of esters is 1. The van der Waals surface area contributed by atoms with Gasteiger partial charge in [-0.1, -0.05) is 25.5 Å². The van der Waals surface area contributed by atoms with Crippen LogP contribution >= 0.6 is 0 Å². The number of carbonyl (C=O) groups excluding carboxylic acids is 1. The first kappa shape index (κ1) is 16.5. The van der Waals surface area contributed by atoms with E-state index in [1.54, 1.807) is 30.3 Å². The maximum Gasteiger partial charge on any atom is 0.343 e. The Balaban J connectivity index is 2.05. The summed E-state index contributed by atoms with van der Waals surface area (Å²) in [7, 11) is 0. The fourth-order valence-corrected chi connectivity index (χ4v) is 1.87. The van der Waals surface area contributed by atoms with Gasteiger partial charge in [0, 0.05) is 6.07 Å². The van der Waals surface area contributed by atoms with Crippen LogP contribution in [0.15, 0.2) is 48.5 Å². The van der Waals surface area contributed by atoms with E-state index in [2.05, 4.69) is 6.92 Å². The van der Waals surface area contributed by atoms with Crippen LogP contribution in [0, 0.1) is 10.1 Å². The number of nitrogens with zero attached hydrogens (tertiary/aromatic N) is 1. The number of hydrogen-bond donors (Lipinski definition) is 0. The Morgan fingerprint density at radius 3 is 2.48 bits per heavy atom. The third-order valence-electron chi connectivity index (χ3n) is 3.12. The highest BCUT2D eigenvalue weighted by atomic mass is 16.6. The van der Waals surface area contributed by atoms with E-state index in [0.29, 0.717) is 17.9 Å². The molecule has 0 spiro atoms. The summed E-state index contributed by atoms with van der Waals surface area (Å²) < 4.78 is 10.6. The highest BCUT2D eigenvalue weighted by Crippen LogP contribution is 2.26. The van der Waals surface area contributed by atoms with Crippen molar-refractivity contribution in [2.75, 3.05) is 6.61 Å². The van der Waals surface area contributed by atoms with Crippen molar-refractivity contribution in [1.29, 1.82) is 0 Å². The Labute approximate surface area is 133 Å². The molecule has 0 saturated carbocycles. The zero-order valence-electron chi connectivity index (χ0n) is 12.7. The van der Waals surface area contributed by atoms with Crippen LogP contribution in [0.2, 0.25) is 0 Å². The van der Waals surface area contributed by atoms with Crippen LogP contribution < -0.4 is 9.47 Å². The van der Waals surface area contributed by atoms with Gasteiger partial charge in [-0.05, 0) is 36.8 Å². The van der Waals surface area contributed by atoms with E-state index in [1.807, 2.05) is 0 Å². The molecule has 23 heavy (non-hydrogen) atoms. The Bertz CT molecular complexity index is 682. The van der Waals surface area contributed by atoms with Gasteiger partial charge in [0.2, 0.25) is 5.75 Å². The van der Waals surface area contributed by atoms with E-state index in [1.165, 1.54) is 18.2 Å². The molecule has 0 fully saturated rings. The van der Waals surface area contributed by atoms with Crippen molar-refractivity contribution in [3.63, 3.8) is 0 Å². The van der Waals surface area contributed by atoms with Crippen LogP contribution in [0.25, 0.3) is 0 Å². The molecular formula is C17H17NO5. The van der Waals surface area contributed by atoms with Crippen molar-refractivity contribution in [2.24, 2.45) is 0 Å². The average Bonchev–Trinajstić information content (AvgIpc) is 2.56. The van der Waals surface area contributed by atoms with Gasteiger partial charge in [0.15, 0.2) is 0 Å². The number of nitro benzene ring substituents is 1. The fraction of sp³-hybridized carbons (Fsp3) is 0.235. The van der Waals surface area contributed by atoms with E-state index < -0.39 is 10.9 Å². The number of para-hydroxylation sites is 2. The van der Waals surface area contributed by atoms with E-state index in [4.69, 9.17) is 9.47 Å². The molecule has 0 aromatic heterocycles. The summed E-state index contributed by atoms with van der Waals surface area (Å²) >= 11 is 0. The highest BCUT2D eigenvalue weighted by Gasteiger charge is 2.18. The molecule has 0 bridgehead atoms. The second-order valence-corrected chi connectivity index (χ2v) is 4.84. The van der Waals surface area contributed by atoms with Crippen molar-refractivity contribution in [3.05, 3.63) is 64.2 Å². The minimum absolute atomic E-state index is 0.0780. The van der Waals surface area contributed by atoms with E-state index in [-0.39, 0.29) is 11.4 Å². The SMILES string of the molecule is CCCCOc1ccc(C(=O)Oc2ccccc2[N+](=O)[O-])cc1. The van der Waals surface area contributed by atoms with Crippen LogP contribution in [-0.4, -0.2) is 17.5 Å². The lowest BCUT2D eigenvalue weighted by atomic mass is 10.2. The first-order chi connectivity index (χ1) is 11.1. The van der Waals surface area contributed by atoms with Gasteiger partial charge in [-0.3, -0.25) is 10.1 Å². The standard InChI is InChI=1S/C17H17NO5/c1-2-3-12-22-14-10-8-13(9-11-14)17(19)23-16-7-5-4-6-15(16)18(20)21/h4-11H,2-3,12H2,1H3. The number of benzene rings is 2. The third-order valence-corrected chi connectivity index (χ3v) is 3.12. The molecule has 6 nitrogen and oxygen atoms in total. The summed E-state index contributed by atoms with van der Waals surface area (Å²) in [6.45, 7) is 2.70. The number of hydrogen-bond acceptors (Lipinski definition) is 5. The molecule has 2 aromatic carbocycles. The summed E-state index contributed by atoms with van der Waals surface area (Å²) in [5.74, 6) is -0.0640. The molecule has 0 atom stereocenters. The van der Waals surface area contributed by atoms with Crippen LogP contribution in [0.5, 0.6) is 11.5 Å². The Kier molecular flexibility index (Phi) is 5.68.